The molecule has 1 aromatic carbocycles. The van der Waals surface area contributed by atoms with E-state index in [-0.39, 0.29) is 0 Å². The third-order valence-electron chi connectivity index (χ3n) is 3.59. The van der Waals surface area contributed by atoms with Crippen molar-refractivity contribution in [1.82, 2.24) is 10.3 Å². The molecule has 0 aliphatic heterocycles. The van der Waals surface area contributed by atoms with Gasteiger partial charge in [0, 0.05) is 19.3 Å². The average molecular weight is 284 g/mol. The van der Waals surface area contributed by atoms with Crippen molar-refractivity contribution in [2.75, 3.05) is 0 Å². The summed E-state index contributed by atoms with van der Waals surface area (Å²) in [6.07, 6.45) is 1.80. The van der Waals surface area contributed by atoms with Crippen LogP contribution in [-0.4, -0.2) is 16.1 Å². The maximum absolute atomic E-state index is 10.9. The van der Waals surface area contributed by atoms with Crippen LogP contribution in [0.2, 0.25) is 0 Å². The maximum Gasteiger partial charge on any atom is 0.310 e. The summed E-state index contributed by atoms with van der Waals surface area (Å²) >= 11 is 0. The van der Waals surface area contributed by atoms with Crippen LogP contribution in [-0.2, 0) is 17.9 Å². The Balaban J connectivity index is 1.90. The van der Waals surface area contributed by atoms with E-state index in [1.54, 1.807) is 13.1 Å². The summed E-state index contributed by atoms with van der Waals surface area (Å²) in [6.45, 7) is 5.20. The molecule has 0 radical (unpaired) electrons. The van der Waals surface area contributed by atoms with E-state index in [0.29, 0.717) is 0 Å². The smallest absolute Gasteiger partial charge is 0.310 e. The van der Waals surface area contributed by atoms with Gasteiger partial charge in [-0.3, -0.25) is 9.78 Å². The normalized spacial score (nSPS) is 12.1. The Morgan fingerprint density at radius 2 is 1.95 bits per heavy atom. The summed E-state index contributed by atoms with van der Waals surface area (Å²) in [5.74, 6) is -1.27. The lowest BCUT2D eigenvalue weighted by Gasteiger charge is -2.09. The topological polar surface area (TPSA) is 62.2 Å². The van der Waals surface area contributed by atoms with E-state index in [2.05, 4.69) is 10.3 Å². The van der Waals surface area contributed by atoms with Crippen molar-refractivity contribution in [2.45, 2.75) is 32.9 Å². The fraction of sp³-hybridized carbons (Fsp3) is 0.294. The minimum absolute atomic E-state index is 0.469. The SMILES string of the molecule is Cc1cccnc1CNCc1ccc(C(C)C(=O)O)cc1. The third kappa shape index (κ3) is 4.13. The van der Waals surface area contributed by atoms with Gasteiger partial charge in [-0.1, -0.05) is 30.3 Å². The van der Waals surface area contributed by atoms with Gasteiger partial charge in [0.25, 0.3) is 0 Å². The number of pyridine rings is 1. The average Bonchev–Trinajstić information content (AvgIpc) is 2.49. The second-order valence-corrected chi connectivity index (χ2v) is 5.17. The highest BCUT2D eigenvalue weighted by molar-refractivity contribution is 5.75. The molecule has 0 aliphatic carbocycles. The summed E-state index contributed by atoms with van der Waals surface area (Å²) in [5.41, 5.74) is 4.18. The molecule has 1 atom stereocenters. The Morgan fingerprint density at radius 3 is 2.57 bits per heavy atom. The zero-order chi connectivity index (χ0) is 15.2. The number of carboxylic acids is 1. The molecule has 2 rings (SSSR count). The summed E-state index contributed by atoms with van der Waals surface area (Å²) in [7, 11) is 0. The van der Waals surface area contributed by atoms with Gasteiger partial charge >= 0.3 is 5.97 Å². The molecule has 0 bridgehead atoms. The summed E-state index contributed by atoms with van der Waals surface area (Å²) in [5, 5.41) is 12.3. The maximum atomic E-state index is 10.9. The number of aromatic nitrogens is 1. The van der Waals surface area contributed by atoms with Crippen LogP contribution in [0.25, 0.3) is 0 Å². The molecular formula is C17H20N2O2. The van der Waals surface area contributed by atoms with E-state index in [4.69, 9.17) is 5.11 Å². The van der Waals surface area contributed by atoms with Crippen LogP contribution in [0.15, 0.2) is 42.6 Å². The number of hydrogen-bond acceptors (Lipinski definition) is 3. The van der Waals surface area contributed by atoms with Crippen LogP contribution in [0.5, 0.6) is 0 Å². The largest absolute Gasteiger partial charge is 0.481 e. The van der Waals surface area contributed by atoms with Crippen LogP contribution in [0.3, 0.4) is 0 Å². The van der Waals surface area contributed by atoms with Crippen molar-refractivity contribution in [3.63, 3.8) is 0 Å². The number of hydrogen-bond donors (Lipinski definition) is 2. The summed E-state index contributed by atoms with van der Waals surface area (Å²) < 4.78 is 0. The monoisotopic (exact) mass is 284 g/mol. The van der Waals surface area contributed by atoms with Crippen molar-refractivity contribution in [3.05, 3.63) is 65.0 Å². The second kappa shape index (κ2) is 6.99. The van der Waals surface area contributed by atoms with Crippen molar-refractivity contribution < 1.29 is 9.90 Å². The first-order valence-electron chi connectivity index (χ1n) is 7.01. The van der Waals surface area contributed by atoms with Crippen LogP contribution in [0.4, 0.5) is 0 Å². The van der Waals surface area contributed by atoms with Gasteiger partial charge in [0.2, 0.25) is 0 Å². The predicted molar refractivity (Wildman–Crippen MR) is 82.0 cm³/mol. The van der Waals surface area contributed by atoms with E-state index < -0.39 is 11.9 Å². The van der Waals surface area contributed by atoms with Crippen LogP contribution in [0.1, 0.15) is 35.2 Å². The first-order valence-corrected chi connectivity index (χ1v) is 7.01. The lowest BCUT2D eigenvalue weighted by Crippen LogP contribution is -2.14. The molecule has 4 heteroatoms. The molecule has 0 fully saturated rings. The number of rotatable bonds is 6. The predicted octanol–water partition coefficient (Wildman–Crippen LogP) is 2.87. The van der Waals surface area contributed by atoms with Gasteiger partial charge in [-0.25, -0.2) is 0 Å². The third-order valence-corrected chi connectivity index (χ3v) is 3.59. The van der Waals surface area contributed by atoms with Crippen LogP contribution < -0.4 is 5.32 Å². The zero-order valence-corrected chi connectivity index (χ0v) is 12.3. The summed E-state index contributed by atoms with van der Waals surface area (Å²) in [6, 6.07) is 11.7. The minimum Gasteiger partial charge on any atom is -0.481 e. The highest BCUT2D eigenvalue weighted by Crippen LogP contribution is 2.16. The van der Waals surface area contributed by atoms with Gasteiger partial charge < -0.3 is 10.4 Å². The Kier molecular flexibility index (Phi) is 5.06. The Bertz CT molecular complexity index is 608. The van der Waals surface area contributed by atoms with Crippen LogP contribution >= 0.6 is 0 Å². The first-order chi connectivity index (χ1) is 10.1. The number of aryl methyl sites for hydroxylation is 1. The minimum atomic E-state index is -0.800. The molecule has 0 amide bonds. The molecule has 2 N–H and O–H groups in total. The molecule has 0 saturated carbocycles. The summed E-state index contributed by atoms with van der Waals surface area (Å²) in [4.78, 5) is 15.3. The fourth-order valence-corrected chi connectivity index (χ4v) is 2.10. The lowest BCUT2D eigenvalue weighted by atomic mass is 10.00. The van der Waals surface area contributed by atoms with E-state index in [1.807, 2.05) is 43.3 Å². The van der Waals surface area contributed by atoms with Gasteiger partial charge in [0.15, 0.2) is 0 Å². The van der Waals surface area contributed by atoms with E-state index in [0.717, 1.165) is 29.9 Å². The molecule has 0 aliphatic rings. The van der Waals surface area contributed by atoms with E-state index >= 15 is 0 Å². The first kappa shape index (κ1) is 15.2. The number of nitrogens with one attached hydrogen (secondary N) is 1. The molecular weight excluding hydrogens is 264 g/mol. The van der Waals surface area contributed by atoms with Gasteiger partial charge in [0.1, 0.15) is 0 Å². The number of carbonyl (C=O) groups is 1. The molecule has 1 unspecified atom stereocenters. The van der Waals surface area contributed by atoms with Crippen molar-refractivity contribution >= 4 is 5.97 Å². The number of nitrogens with zero attached hydrogens (tertiary/aromatic N) is 1. The number of carboxylic acid groups (broad SMARTS) is 1. The second-order valence-electron chi connectivity index (χ2n) is 5.17. The molecule has 2 aromatic rings. The molecule has 1 heterocycles. The van der Waals surface area contributed by atoms with Gasteiger partial charge in [-0.15, -0.1) is 0 Å². The van der Waals surface area contributed by atoms with E-state index in [1.165, 1.54) is 5.56 Å². The standard InChI is InChI=1S/C17H20N2O2/c1-12-4-3-9-19-16(12)11-18-10-14-5-7-15(8-6-14)13(2)17(20)21/h3-9,13,18H,10-11H2,1-2H3,(H,20,21). The van der Waals surface area contributed by atoms with Crippen LogP contribution in [0, 0.1) is 6.92 Å². The van der Waals surface area contributed by atoms with Crippen molar-refractivity contribution in [1.29, 1.82) is 0 Å². The number of benzene rings is 1. The zero-order valence-electron chi connectivity index (χ0n) is 12.3. The Labute approximate surface area is 124 Å². The quantitative estimate of drug-likeness (QED) is 0.856. The Morgan fingerprint density at radius 1 is 1.24 bits per heavy atom. The van der Waals surface area contributed by atoms with Crippen molar-refractivity contribution in [3.8, 4) is 0 Å². The lowest BCUT2D eigenvalue weighted by molar-refractivity contribution is -0.138. The molecule has 0 spiro atoms. The Hall–Kier alpha value is -2.20. The number of aliphatic carboxylic acids is 1. The van der Waals surface area contributed by atoms with Crippen molar-refractivity contribution in [2.24, 2.45) is 0 Å². The highest BCUT2D eigenvalue weighted by atomic mass is 16.4. The fourth-order valence-electron chi connectivity index (χ4n) is 2.10. The van der Waals surface area contributed by atoms with Gasteiger partial charge in [-0.2, -0.15) is 0 Å². The van der Waals surface area contributed by atoms with Gasteiger partial charge in [-0.05, 0) is 36.6 Å². The molecule has 4 nitrogen and oxygen atoms in total. The van der Waals surface area contributed by atoms with Gasteiger partial charge in [0.05, 0.1) is 11.6 Å². The molecule has 1 aromatic heterocycles. The molecule has 110 valence electrons. The molecule has 21 heavy (non-hydrogen) atoms. The molecule has 0 saturated heterocycles. The highest BCUT2D eigenvalue weighted by Gasteiger charge is 2.12. The van der Waals surface area contributed by atoms with E-state index in [9.17, 15) is 4.79 Å².